The van der Waals surface area contributed by atoms with Gasteiger partial charge in [0.2, 0.25) is 0 Å². The lowest BCUT2D eigenvalue weighted by molar-refractivity contribution is 1.27. The van der Waals surface area contributed by atoms with Gasteiger partial charge in [0.15, 0.2) is 0 Å². The summed E-state index contributed by atoms with van der Waals surface area (Å²) in [5.74, 6) is 0. The second-order valence-corrected chi connectivity index (χ2v) is 2.69. The maximum Gasteiger partial charge on any atom is -0.00884 e. The van der Waals surface area contributed by atoms with E-state index >= 15 is 0 Å². The number of halogens is 1. The van der Waals surface area contributed by atoms with E-state index in [2.05, 4.69) is 48.6 Å². The van der Waals surface area contributed by atoms with E-state index in [0.29, 0.717) is 0 Å². The summed E-state index contributed by atoms with van der Waals surface area (Å²) in [6, 6.07) is 8.49. The van der Waals surface area contributed by atoms with Gasteiger partial charge in [0.1, 0.15) is 0 Å². The van der Waals surface area contributed by atoms with Crippen molar-refractivity contribution in [2.75, 3.05) is 0 Å². The van der Waals surface area contributed by atoms with Crippen LogP contribution in [0.1, 0.15) is 11.1 Å². The summed E-state index contributed by atoms with van der Waals surface area (Å²) in [7, 11) is 0. The van der Waals surface area contributed by atoms with Gasteiger partial charge in [-0.3, -0.25) is 0 Å². The Morgan fingerprint density at radius 3 is 2.75 bits per heavy atom. The molecule has 0 spiro atoms. The van der Waals surface area contributed by atoms with E-state index < -0.39 is 0 Å². The molecule has 2 rings (SSSR count). The Morgan fingerprint density at radius 1 is 1.00 bits per heavy atom. The van der Waals surface area contributed by atoms with Gasteiger partial charge in [0.05, 0.1) is 0 Å². The number of benzene rings is 1. The molecule has 0 aromatic heterocycles. The monoisotopic (exact) mass is 270 g/mol. The van der Waals surface area contributed by atoms with Gasteiger partial charge in [0, 0.05) is 0 Å². The first kappa shape index (κ1) is 9.52. The van der Waals surface area contributed by atoms with Crippen LogP contribution in [0.5, 0.6) is 0 Å². The van der Waals surface area contributed by atoms with Gasteiger partial charge < -0.3 is 0 Å². The van der Waals surface area contributed by atoms with E-state index in [1.54, 1.807) is 0 Å². The molecule has 1 aromatic carbocycles. The largest absolute Gasteiger partial charge is 0.107 e. The molecule has 0 radical (unpaired) electrons. The van der Waals surface area contributed by atoms with Gasteiger partial charge in [-0.15, -0.1) is 24.0 Å². The first-order chi connectivity index (χ1) is 5.47. The highest BCUT2D eigenvalue weighted by Crippen LogP contribution is 2.14. The Bertz CT molecular complexity index is 311. The molecule has 1 aliphatic carbocycles. The Labute approximate surface area is 90.0 Å². The molecule has 0 saturated heterocycles. The molecule has 0 fully saturated rings. The number of hydrogen-bond donors (Lipinski definition) is 0. The third-order valence-corrected chi connectivity index (χ3v) is 1.92. The Hall–Kier alpha value is -0.570. The number of allylic oxidation sites excluding steroid dienone is 3. The van der Waals surface area contributed by atoms with Crippen LogP contribution in [0.3, 0.4) is 0 Å². The van der Waals surface area contributed by atoms with E-state index in [1.807, 2.05) is 0 Å². The predicted molar refractivity (Wildman–Crippen MR) is 63.7 cm³/mol. The van der Waals surface area contributed by atoms with Crippen molar-refractivity contribution in [3.05, 3.63) is 53.6 Å². The van der Waals surface area contributed by atoms with Crippen molar-refractivity contribution in [3.8, 4) is 0 Å². The van der Waals surface area contributed by atoms with Crippen molar-refractivity contribution >= 4 is 30.1 Å². The molecule has 1 aliphatic rings. The highest BCUT2D eigenvalue weighted by atomic mass is 127. The Kier molecular flexibility index (Phi) is 3.53. The van der Waals surface area contributed by atoms with Crippen LogP contribution in [0.2, 0.25) is 0 Å². The maximum atomic E-state index is 2.18. The van der Waals surface area contributed by atoms with Crippen molar-refractivity contribution in [1.82, 2.24) is 0 Å². The first-order valence-electron chi connectivity index (χ1n) is 3.88. The quantitative estimate of drug-likeness (QED) is 0.633. The molecule has 0 heterocycles. The van der Waals surface area contributed by atoms with Gasteiger partial charge in [-0.1, -0.05) is 48.6 Å². The summed E-state index contributed by atoms with van der Waals surface area (Å²) >= 11 is 0. The van der Waals surface area contributed by atoms with Crippen LogP contribution in [0, 0.1) is 0 Å². The fourth-order valence-corrected chi connectivity index (χ4v) is 1.32. The molecule has 0 saturated carbocycles. The molecule has 1 aromatic rings. The average Bonchev–Trinajstić information content (AvgIpc) is 2.28. The van der Waals surface area contributed by atoms with Gasteiger partial charge >= 0.3 is 0 Å². The fourth-order valence-electron chi connectivity index (χ4n) is 1.32. The zero-order valence-electron chi connectivity index (χ0n) is 6.73. The van der Waals surface area contributed by atoms with Crippen molar-refractivity contribution in [2.24, 2.45) is 0 Å². The van der Waals surface area contributed by atoms with Crippen LogP contribution in [-0.4, -0.2) is 0 Å². The molecule has 12 heavy (non-hydrogen) atoms. The fraction of sp³-hybridized carbons (Fsp3) is 0.0909. The molecule has 0 nitrogen and oxygen atoms in total. The smallest absolute Gasteiger partial charge is 0.00884 e. The molecule has 0 amide bonds. The predicted octanol–water partition coefficient (Wildman–Crippen LogP) is 3.43. The van der Waals surface area contributed by atoms with Crippen molar-refractivity contribution in [3.63, 3.8) is 0 Å². The highest BCUT2D eigenvalue weighted by molar-refractivity contribution is 14.0. The number of rotatable bonds is 0. The number of hydrogen-bond acceptors (Lipinski definition) is 0. The minimum atomic E-state index is 0. The summed E-state index contributed by atoms with van der Waals surface area (Å²) in [5.41, 5.74) is 2.76. The molecule has 62 valence electrons. The molecular formula is C11H11I. The van der Waals surface area contributed by atoms with Crippen LogP contribution in [0.15, 0.2) is 42.5 Å². The standard InChI is InChI=1S/C11H10.HI/c1-2-6-10-8-4-5-9-11(10)7-3-1;/h1-6,8-9H,7H2;1H. The zero-order chi connectivity index (χ0) is 7.52. The van der Waals surface area contributed by atoms with E-state index in [0.717, 1.165) is 6.42 Å². The van der Waals surface area contributed by atoms with Crippen LogP contribution < -0.4 is 0 Å². The second-order valence-electron chi connectivity index (χ2n) is 2.69. The minimum Gasteiger partial charge on any atom is -0.107 e. The van der Waals surface area contributed by atoms with E-state index in [1.165, 1.54) is 11.1 Å². The SMILES string of the molecule is C1=CCc2ccccc2C=C1.I. The minimum absolute atomic E-state index is 0. The lowest BCUT2D eigenvalue weighted by Gasteiger charge is -1.99. The maximum absolute atomic E-state index is 2.18. The third kappa shape index (κ3) is 1.97. The molecule has 0 N–H and O–H groups in total. The molecule has 0 aliphatic heterocycles. The molecular weight excluding hydrogens is 259 g/mol. The average molecular weight is 270 g/mol. The summed E-state index contributed by atoms with van der Waals surface area (Å²) in [5, 5.41) is 0. The lowest BCUT2D eigenvalue weighted by atomic mass is 10.1. The van der Waals surface area contributed by atoms with Crippen molar-refractivity contribution in [1.29, 1.82) is 0 Å². The summed E-state index contributed by atoms with van der Waals surface area (Å²) in [6.45, 7) is 0. The number of fused-ring (bicyclic) bond motifs is 1. The van der Waals surface area contributed by atoms with E-state index in [-0.39, 0.29) is 24.0 Å². The van der Waals surface area contributed by atoms with Crippen LogP contribution >= 0.6 is 24.0 Å². The van der Waals surface area contributed by atoms with Crippen LogP contribution in [-0.2, 0) is 6.42 Å². The highest BCUT2D eigenvalue weighted by Gasteiger charge is 1.96. The Morgan fingerprint density at radius 2 is 1.83 bits per heavy atom. The summed E-state index contributed by atoms with van der Waals surface area (Å²) in [4.78, 5) is 0. The van der Waals surface area contributed by atoms with E-state index in [9.17, 15) is 0 Å². The van der Waals surface area contributed by atoms with Gasteiger partial charge in [-0.2, -0.15) is 0 Å². The van der Waals surface area contributed by atoms with Crippen molar-refractivity contribution < 1.29 is 0 Å². The second kappa shape index (κ2) is 4.45. The Balaban J connectivity index is 0.000000720. The molecule has 0 unspecified atom stereocenters. The zero-order valence-corrected chi connectivity index (χ0v) is 9.06. The summed E-state index contributed by atoms with van der Waals surface area (Å²) in [6.07, 6.45) is 9.58. The van der Waals surface area contributed by atoms with Gasteiger partial charge in [0.25, 0.3) is 0 Å². The molecule has 0 bridgehead atoms. The van der Waals surface area contributed by atoms with Crippen LogP contribution in [0.25, 0.3) is 6.08 Å². The summed E-state index contributed by atoms with van der Waals surface area (Å²) < 4.78 is 0. The van der Waals surface area contributed by atoms with Gasteiger partial charge in [-0.05, 0) is 17.5 Å². The lowest BCUT2D eigenvalue weighted by Crippen LogP contribution is -1.83. The normalized spacial score (nSPS) is 13.0. The first-order valence-corrected chi connectivity index (χ1v) is 3.88. The molecule has 0 atom stereocenters. The van der Waals surface area contributed by atoms with E-state index in [4.69, 9.17) is 0 Å². The molecule has 1 heteroatoms. The van der Waals surface area contributed by atoms with Crippen molar-refractivity contribution in [2.45, 2.75) is 6.42 Å². The topological polar surface area (TPSA) is 0 Å². The van der Waals surface area contributed by atoms with Crippen LogP contribution in [0.4, 0.5) is 0 Å². The van der Waals surface area contributed by atoms with Gasteiger partial charge in [-0.25, -0.2) is 0 Å². The third-order valence-electron chi connectivity index (χ3n) is 1.92.